The third-order valence-electron chi connectivity index (χ3n) is 4.59. The highest BCUT2D eigenvalue weighted by Gasteiger charge is 2.20. The summed E-state index contributed by atoms with van der Waals surface area (Å²) in [5, 5.41) is 8.75. The van der Waals surface area contributed by atoms with Crippen LogP contribution < -0.4 is 0 Å². The Morgan fingerprint density at radius 1 is 1.08 bits per heavy atom. The van der Waals surface area contributed by atoms with Gasteiger partial charge in [0.25, 0.3) is 0 Å². The number of benzene rings is 2. The Kier molecular flexibility index (Phi) is 4.71. The Morgan fingerprint density at radius 3 is 2.65 bits per heavy atom. The Balaban J connectivity index is 1.36. The van der Waals surface area contributed by atoms with Crippen molar-refractivity contribution in [1.29, 1.82) is 0 Å². The molecule has 132 valence electrons. The second kappa shape index (κ2) is 7.30. The van der Waals surface area contributed by atoms with Gasteiger partial charge in [0, 0.05) is 36.5 Å². The molecule has 2 aromatic carbocycles. The zero-order chi connectivity index (χ0) is 17.9. The van der Waals surface area contributed by atoms with Crippen molar-refractivity contribution < 1.29 is 9.21 Å². The maximum absolute atomic E-state index is 12.5. The summed E-state index contributed by atoms with van der Waals surface area (Å²) in [6, 6.07) is 15.5. The molecule has 1 aromatic heterocycles. The van der Waals surface area contributed by atoms with E-state index in [-0.39, 0.29) is 5.91 Å². The standard InChI is InChI=1S/C20H18ClN3O2/c21-17-7-5-15(6-8-17)20-23-22-18(26-20)9-10-19(25)24-12-11-14-3-1-2-4-16(14)13-24/h1-8H,9-13H2. The number of fused-ring (bicyclic) bond motifs is 1. The molecule has 0 aliphatic carbocycles. The molecule has 0 saturated carbocycles. The fourth-order valence-corrected chi connectivity index (χ4v) is 3.27. The highest BCUT2D eigenvalue weighted by molar-refractivity contribution is 6.30. The van der Waals surface area contributed by atoms with Crippen LogP contribution in [-0.2, 0) is 24.2 Å². The van der Waals surface area contributed by atoms with Gasteiger partial charge in [0.05, 0.1) is 0 Å². The summed E-state index contributed by atoms with van der Waals surface area (Å²) in [6.45, 7) is 1.44. The molecule has 0 unspecified atom stereocenters. The molecule has 0 fully saturated rings. The fraction of sp³-hybridized carbons (Fsp3) is 0.250. The molecule has 1 aliphatic rings. The van der Waals surface area contributed by atoms with E-state index >= 15 is 0 Å². The molecule has 1 amide bonds. The van der Waals surface area contributed by atoms with Crippen LogP contribution in [0.4, 0.5) is 0 Å². The highest BCUT2D eigenvalue weighted by atomic mass is 35.5. The zero-order valence-corrected chi connectivity index (χ0v) is 14.9. The van der Waals surface area contributed by atoms with E-state index < -0.39 is 0 Å². The Labute approximate surface area is 156 Å². The molecule has 26 heavy (non-hydrogen) atoms. The first kappa shape index (κ1) is 16.8. The van der Waals surface area contributed by atoms with Crippen molar-refractivity contribution in [3.63, 3.8) is 0 Å². The predicted octanol–water partition coefficient (Wildman–Crippen LogP) is 3.91. The summed E-state index contributed by atoms with van der Waals surface area (Å²) in [6.07, 6.45) is 1.71. The predicted molar refractivity (Wildman–Crippen MR) is 98.6 cm³/mol. The number of aromatic nitrogens is 2. The van der Waals surface area contributed by atoms with Crippen LogP contribution in [0.15, 0.2) is 52.9 Å². The van der Waals surface area contributed by atoms with E-state index in [1.807, 2.05) is 29.2 Å². The summed E-state index contributed by atoms with van der Waals surface area (Å²) in [5.74, 6) is 1.03. The Hall–Kier alpha value is -2.66. The third kappa shape index (κ3) is 3.63. The lowest BCUT2D eigenvalue weighted by Crippen LogP contribution is -2.36. The van der Waals surface area contributed by atoms with Crippen LogP contribution in [0.5, 0.6) is 0 Å². The molecule has 0 saturated heterocycles. The van der Waals surface area contributed by atoms with Crippen molar-refractivity contribution in [3.05, 3.63) is 70.6 Å². The number of aryl methyl sites for hydroxylation is 1. The molecule has 2 heterocycles. The lowest BCUT2D eigenvalue weighted by molar-refractivity contribution is -0.132. The van der Waals surface area contributed by atoms with Gasteiger partial charge in [-0.15, -0.1) is 10.2 Å². The molecule has 0 N–H and O–H groups in total. The first-order valence-electron chi connectivity index (χ1n) is 8.62. The maximum atomic E-state index is 12.5. The minimum absolute atomic E-state index is 0.116. The molecule has 0 spiro atoms. The minimum atomic E-state index is 0.116. The lowest BCUT2D eigenvalue weighted by Gasteiger charge is -2.28. The first-order valence-corrected chi connectivity index (χ1v) is 9.00. The summed E-state index contributed by atoms with van der Waals surface area (Å²) in [7, 11) is 0. The molecule has 5 nitrogen and oxygen atoms in total. The molecule has 1 aliphatic heterocycles. The Bertz CT molecular complexity index is 921. The summed E-state index contributed by atoms with van der Waals surface area (Å²) in [4.78, 5) is 14.4. The van der Waals surface area contributed by atoms with E-state index in [4.69, 9.17) is 16.0 Å². The largest absolute Gasteiger partial charge is 0.421 e. The van der Waals surface area contributed by atoms with Gasteiger partial charge in [0.2, 0.25) is 17.7 Å². The van der Waals surface area contributed by atoms with Gasteiger partial charge >= 0.3 is 0 Å². The molecule has 0 radical (unpaired) electrons. The number of carbonyl (C=O) groups excluding carboxylic acids is 1. The van der Waals surface area contributed by atoms with Crippen LogP contribution in [-0.4, -0.2) is 27.5 Å². The van der Waals surface area contributed by atoms with Gasteiger partial charge in [-0.25, -0.2) is 0 Å². The molecule has 4 rings (SSSR count). The third-order valence-corrected chi connectivity index (χ3v) is 4.85. The van der Waals surface area contributed by atoms with Crippen molar-refractivity contribution in [2.24, 2.45) is 0 Å². The number of hydrogen-bond acceptors (Lipinski definition) is 4. The number of rotatable bonds is 4. The monoisotopic (exact) mass is 367 g/mol. The van der Waals surface area contributed by atoms with E-state index in [0.717, 1.165) is 18.5 Å². The van der Waals surface area contributed by atoms with E-state index in [2.05, 4.69) is 22.3 Å². The van der Waals surface area contributed by atoms with Gasteiger partial charge in [-0.05, 0) is 41.8 Å². The molecule has 0 atom stereocenters. The zero-order valence-electron chi connectivity index (χ0n) is 14.2. The second-order valence-electron chi connectivity index (χ2n) is 6.34. The van der Waals surface area contributed by atoms with Gasteiger partial charge in [-0.2, -0.15) is 0 Å². The van der Waals surface area contributed by atoms with Crippen LogP contribution in [0, 0.1) is 0 Å². The van der Waals surface area contributed by atoms with Crippen molar-refractivity contribution in [3.8, 4) is 11.5 Å². The van der Waals surface area contributed by atoms with E-state index in [1.54, 1.807) is 12.1 Å². The maximum Gasteiger partial charge on any atom is 0.247 e. The van der Waals surface area contributed by atoms with Crippen LogP contribution in [0.2, 0.25) is 5.02 Å². The SMILES string of the molecule is O=C(CCc1nnc(-c2ccc(Cl)cc2)o1)N1CCc2ccccc2C1. The average molecular weight is 368 g/mol. The van der Waals surface area contributed by atoms with Crippen molar-refractivity contribution in [2.45, 2.75) is 25.8 Å². The molecule has 6 heteroatoms. The van der Waals surface area contributed by atoms with Gasteiger partial charge in [0.15, 0.2) is 0 Å². The number of amides is 1. The van der Waals surface area contributed by atoms with Crippen LogP contribution >= 0.6 is 11.6 Å². The van der Waals surface area contributed by atoms with Crippen molar-refractivity contribution in [2.75, 3.05) is 6.54 Å². The van der Waals surface area contributed by atoms with Crippen LogP contribution in [0.3, 0.4) is 0 Å². The summed E-state index contributed by atoms with van der Waals surface area (Å²) in [5.41, 5.74) is 3.38. The van der Waals surface area contributed by atoms with Gasteiger partial charge in [-0.3, -0.25) is 4.79 Å². The highest BCUT2D eigenvalue weighted by Crippen LogP contribution is 2.22. The average Bonchev–Trinajstić information content (AvgIpc) is 3.15. The summed E-state index contributed by atoms with van der Waals surface area (Å²) < 4.78 is 5.67. The van der Waals surface area contributed by atoms with E-state index in [1.165, 1.54) is 11.1 Å². The fourth-order valence-electron chi connectivity index (χ4n) is 3.14. The smallest absolute Gasteiger partial charge is 0.247 e. The first-order chi connectivity index (χ1) is 12.7. The Morgan fingerprint density at radius 2 is 1.85 bits per heavy atom. The molecule has 3 aromatic rings. The number of halogens is 1. The van der Waals surface area contributed by atoms with E-state index in [0.29, 0.717) is 36.2 Å². The minimum Gasteiger partial charge on any atom is -0.421 e. The quantitative estimate of drug-likeness (QED) is 0.701. The van der Waals surface area contributed by atoms with Crippen molar-refractivity contribution >= 4 is 17.5 Å². The second-order valence-corrected chi connectivity index (χ2v) is 6.78. The molecule has 0 bridgehead atoms. The topological polar surface area (TPSA) is 59.2 Å². The number of nitrogens with zero attached hydrogens (tertiary/aromatic N) is 3. The normalized spacial score (nSPS) is 13.5. The van der Waals surface area contributed by atoms with Gasteiger partial charge < -0.3 is 9.32 Å². The van der Waals surface area contributed by atoms with Crippen molar-refractivity contribution in [1.82, 2.24) is 15.1 Å². The van der Waals surface area contributed by atoms with Gasteiger partial charge in [-0.1, -0.05) is 35.9 Å². The molecular formula is C20H18ClN3O2. The van der Waals surface area contributed by atoms with E-state index in [9.17, 15) is 4.79 Å². The van der Waals surface area contributed by atoms with Crippen LogP contribution in [0.1, 0.15) is 23.4 Å². The number of hydrogen-bond donors (Lipinski definition) is 0. The summed E-state index contributed by atoms with van der Waals surface area (Å²) >= 11 is 5.89. The lowest BCUT2D eigenvalue weighted by atomic mass is 9.99. The van der Waals surface area contributed by atoms with Crippen LogP contribution in [0.25, 0.3) is 11.5 Å². The molecular weight excluding hydrogens is 350 g/mol. The number of carbonyl (C=O) groups is 1. The van der Waals surface area contributed by atoms with Gasteiger partial charge in [0.1, 0.15) is 0 Å².